The van der Waals surface area contributed by atoms with Crippen LogP contribution in [0.1, 0.15) is 43.9 Å². The monoisotopic (exact) mass is 381 g/mol. The van der Waals surface area contributed by atoms with Crippen LogP contribution in [-0.4, -0.2) is 54.4 Å². The molecule has 2 amide bonds. The Morgan fingerprint density at radius 3 is 2.21 bits per heavy atom. The van der Waals surface area contributed by atoms with Crippen LogP contribution in [0.2, 0.25) is 0 Å². The Morgan fingerprint density at radius 1 is 1.00 bits per heavy atom. The minimum absolute atomic E-state index is 0.0237. The lowest BCUT2D eigenvalue weighted by Gasteiger charge is -2.32. The number of amides is 2. The third-order valence-electron chi connectivity index (χ3n) is 4.95. The zero-order valence-electron chi connectivity index (χ0n) is 15.8. The summed E-state index contributed by atoms with van der Waals surface area (Å²) in [6.07, 6.45) is 4.93. The molecule has 0 atom stereocenters. The first-order valence-electron chi connectivity index (χ1n) is 9.24. The molecule has 2 aromatic rings. The summed E-state index contributed by atoms with van der Waals surface area (Å²) in [5.74, 6) is -0.248. The molecule has 1 aromatic heterocycles. The highest BCUT2D eigenvalue weighted by molar-refractivity contribution is 5.96. The van der Waals surface area contributed by atoms with Gasteiger partial charge in [-0.25, -0.2) is 4.79 Å². The molecular formula is C21H23N3O4. The molecule has 1 N–H and O–H groups in total. The van der Waals surface area contributed by atoms with E-state index in [1.165, 1.54) is 7.11 Å². The number of rotatable bonds is 5. The molecule has 1 aliphatic rings. The lowest BCUT2D eigenvalue weighted by atomic mass is 9.96. The lowest BCUT2D eigenvalue weighted by Crippen LogP contribution is -2.41. The second-order valence-corrected chi connectivity index (χ2v) is 6.75. The smallest absolute Gasteiger partial charge is 0.337 e. The van der Waals surface area contributed by atoms with E-state index in [2.05, 4.69) is 15.0 Å². The Hall–Kier alpha value is -3.22. The highest BCUT2D eigenvalue weighted by Gasteiger charge is 2.24. The molecule has 28 heavy (non-hydrogen) atoms. The molecular weight excluding hydrogens is 358 g/mol. The predicted octanol–water partition coefficient (Wildman–Crippen LogP) is 2.15. The number of pyridine rings is 1. The first kappa shape index (κ1) is 19.5. The first-order chi connectivity index (χ1) is 13.6. The largest absolute Gasteiger partial charge is 0.465 e. The maximum absolute atomic E-state index is 12.5. The van der Waals surface area contributed by atoms with Gasteiger partial charge in [0.15, 0.2) is 0 Å². The van der Waals surface area contributed by atoms with Crippen molar-refractivity contribution in [3.05, 3.63) is 65.5 Å². The number of nitrogens with zero attached hydrogens (tertiary/aromatic N) is 2. The van der Waals surface area contributed by atoms with Crippen molar-refractivity contribution in [3.63, 3.8) is 0 Å². The van der Waals surface area contributed by atoms with Gasteiger partial charge in [-0.2, -0.15) is 0 Å². The van der Waals surface area contributed by atoms with Gasteiger partial charge in [0.25, 0.3) is 11.8 Å². The molecule has 3 rings (SSSR count). The van der Waals surface area contributed by atoms with E-state index in [1.54, 1.807) is 48.8 Å². The average molecular weight is 381 g/mol. The van der Waals surface area contributed by atoms with E-state index in [0.29, 0.717) is 42.2 Å². The molecule has 7 nitrogen and oxygen atoms in total. The van der Waals surface area contributed by atoms with Gasteiger partial charge in [-0.15, -0.1) is 0 Å². The summed E-state index contributed by atoms with van der Waals surface area (Å²) in [5, 5.41) is 2.94. The van der Waals surface area contributed by atoms with Crippen LogP contribution >= 0.6 is 0 Å². The van der Waals surface area contributed by atoms with Gasteiger partial charge in [-0.1, -0.05) is 0 Å². The van der Waals surface area contributed by atoms with E-state index in [4.69, 9.17) is 0 Å². The Balaban J connectivity index is 1.45. The van der Waals surface area contributed by atoms with Crippen molar-refractivity contribution in [1.29, 1.82) is 0 Å². The van der Waals surface area contributed by atoms with Crippen LogP contribution in [0.15, 0.2) is 48.8 Å². The summed E-state index contributed by atoms with van der Waals surface area (Å²) in [6.45, 7) is 1.92. The van der Waals surface area contributed by atoms with Gasteiger partial charge < -0.3 is 15.0 Å². The number of esters is 1. The van der Waals surface area contributed by atoms with Gasteiger partial charge in [-0.05, 0) is 55.2 Å². The number of likely N-dealkylation sites (tertiary alicyclic amines) is 1. The first-order valence-corrected chi connectivity index (χ1v) is 9.24. The lowest BCUT2D eigenvalue weighted by molar-refractivity contribution is 0.0600. The number of hydrogen-bond donors (Lipinski definition) is 1. The fraction of sp³-hybridized carbons (Fsp3) is 0.333. The Morgan fingerprint density at radius 2 is 1.61 bits per heavy atom. The van der Waals surface area contributed by atoms with E-state index in [9.17, 15) is 14.4 Å². The van der Waals surface area contributed by atoms with Crippen LogP contribution < -0.4 is 5.32 Å². The maximum atomic E-state index is 12.5. The number of carbonyl (C=O) groups excluding carboxylic acids is 3. The molecule has 7 heteroatoms. The van der Waals surface area contributed by atoms with Crippen LogP contribution in [0.5, 0.6) is 0 Å². The molecule has 0 saturated carbocycles. The van der Waals surface area contributed by atoms with Crippen molar-refractivity contribution in [2.24, 2.45) is 5.92 Å². The number of aromatic nitrogens is 1. The van der Waals surface area contributed by atoms with Crippen LogP contribution in [0.25, 0.3) is 0 Å². The van der Waals surface area contributed by atoms with Crippen molar-refractivity contribution < 1.29 is 19.1 Å². The van der Waals surface area contributed by atoms with E-state index in [1.807, 2.05) is 4.90 Å². The van der Waals surface area contributed by atoms with E-state index in [0.717, 1.165) is 12.8 Å². The van der Waals surface area contributed by atoms with Gasteiger partial charge in [0.1, 0.15) is 0 Å². The van der Waals surface area contributed by atoms with Gasteiger partial charge >= 0.3 is 5.97 Å². The van der Waals surface area contributed by atoms with Crippen molar-refractivity contribution in [1.82, 2.24) is 15.2 Å². The summed E-state index contributed by atoms with van der Waals surface area (Å²) in [6, 6.07) is 9.81. The molecule has 2 heterocycles. The van der Waals surface area contributed by atoms with Gasteiger partial charge in [-0.3, -0.25) is 14.6 Å². The molecule has 1 aromatic carbocycles. The van der Waals surface area contributed by atoms with E-state index in [-0.39, 0.29) is 11.8 Å². The molecule has 0 spiro atoms. The van der Waals surface area contributed by atoms with Crippen LogP contribution in [0.3, 0.4) is 0 Å². The maximum Gasteiger partial charge on any atom is 0.337 e. The van der Waals surface area contributed by atoms with Crippen molar-refractivity contribution in [3.8, 4) is 0 Å². The minimum Gasteiger partial charge on any atom is -0.465 e. The Kier molecular flexibility index (Phi) is 6.37. The number of ether oxygens (including phenoxy) is 1. The third kappa shape index (κ3) is 4.73. The summed E-state index contributed by atoms with van der Waals surface area (Å²) < 4.78 is 4.65. The fourth-order valence-corrected chi connectivity index (χ4v) is 3.23. The number of nitrogens with one attached hydrogen (secondary N) is 1. The molecule has 1 aliphatic heterocycles. The number of hydrogen-bond acceptors (Lipinski definition) is 5. The topological polar surface area (TPSA) is 88.6 Å². The standard InChI is InChI=1S/C21H23N3O4/c1-28-21(27)18-4-2-16(3-5-18)19(25)23-14-15-8-12-24(13-9-15)20(26)17-6-10-22-11-7-17/h2-7,10-11,15H,8-9,12-14H2,1H3,(H,23,25). The number of benzene rings is 1. The van der Waals surface area contributed by atoms with Crippen molar-refractivity contribution in [2.45, 2.75) is 12.8 Å². The van der Waals surface area contributed by atoms with E-state index >= 15 is 0 Å². The SMILES string of the molecule is COC(=O)c1ccc(C(=O)NCC2CCN(C(=O)c3ccncc3)CC2)cc1. The summed E-state index contributed by atoms with van der Waals surface area (Å²) >= 11 is 0. The quantitative estimate of drug-likeness (QED) is 0.802. The van der Waals surface area contributed by atoms with Crippen LogP contribution in [-0.2, 0) is 4.74 Å². The molecule has 1 saturated heterocycles. The van der Waals surface area contributed by atoms with Crippen LogP contribution in [0, 0.1) is 5.92 Å². The molecule has 0 bridgehead atoms. The summed E-state index contributed by atoms with van der Waals surface area (Å²) in [4.78, 5) is 42.0. The predicted molar refractivity (Wildman–Crippen MR) is 103 cm³/mol. The van der Waals surface area contributed by atoms with Crippen molar-refractivity contribution in [2.75, 3.05) is 26.7 Å². The zero-order chi connectivity index (χ0) is 19.9. The minimum atomic E-state index is -0.431. The second kappa shape index (κ2) is 9.12. The van der Waals surface area contributed by atoms with Gasteiger partial charge in [0.2, 0.25) is 0 Å². The van der Waals surface area contributed by atoms with Gasteiger partial charge in [0, 0.05) is 43.2 Å². The number of piperidine rings is 1. The Labute approximate surface area is 163 Å². The molecule has 146 valence electrons. The third-order valence-corrected chi connectivity index (χ3v) is 4.95. The zero-order valence-corrected chi connectivity index (χ0v) is 15.8. The highest BCUT2D eigenvalue weighted by Crippen LogP contribution is 2.18. The number of carbonyl (C=O) groups is 3. The molecule has 0 aliphatic carbocycles. The highest BCUT2D eigenvalue weighted by atomic mass is 16.5. The summed E-state index contributed by atoms with van der Waals surface area (Å²) in [5.41, 5.74) is 1.56. The average Bonchev–Trinajstić information content (AvgIpc) is 2.77. The molecule has 1 fully saturated rings. The van der Waals surface area contributed by atoms with Gasteiger partial charge in [0.05, 0.1) is 12.7 Å². The fourth-order valence-electron chi connectivity index (χ4n) is 3.23. The van der Waals surface area contributed by atoms with Crippen LogP contribution in [0.4, 0.5) is 0 Å². The summed E-state index contributed by atoms with van der Waals surface area (Å²) in [7, 11) is 1.32. The molecule has 0 unspecified atom stereocenters. The normalized spacial score (nSPS) is 14.4. The Bertz CT molecular complexity index is 828. The van der Waals surface area contributed by atoms with Crippen molar-refractivity contribution >= 4 is 17.8 Å². The second-order valence-electron chi connectivity index (χ2n) is 6.75. The molecule has 0 radical (unpaired) electrons. The van der Waals surface area contributed by atoms with E-state index < -0.39 is 5.97 Å². The number of methoxy groups -OCH3 is 1.